The van der Waals surface area contributed by atoms with Crippen LogP contribution in [-0.2, 0) is 30.3 Å². The van der Waals surface area contributed by atoms with Crippen molar-refractivity contribution in [2.75, 3.05) is 13.2 Å². The van der Waals surface area contributed by atoms with Crippen molar-refractivity contribution in [1.82, 2.24) is 25.8 Å². The number of benzene rings is 2. The van der Waals surface area contributed by atoms with Gasteiger partial charge in [0.15, 0.2) is 11.6 Å². The minimum absolute atomic E-state index is 0.00999. The Balaban J connectivity index is 1.29. The van der Waals surface area contributed by atoms with Crippen molar-refractivity contribution in [2.45, 2.75) is 150 Å². The van der Waals surface area contributed by atoms with Gasteiger partial charge in [0, 0.05) is 25.8 Å². The smallest absolute Gasteiger partial charge is 0.407 e. The number of halogens is 1. The van der Waals surface area contributed by atoms with Crippen LogP contribution < -0.4 is 26.4 Å². The molecule has 0 spiro atoms. The number of amides is 5. The van der Waals surface area contributed by atoms with Crippen LogP contribution in [-0.4, -0.2) is 87.7 Å². The summed E-state index contributed by atoms with van der Waals surface area (Å²) in [5.41, 5.74) is 9.77. The standard InChI is InChI=1S/C46H65FN6O8S/c1-27-21-32(39(47)36(22-27)60-25-33(19-20-37(48)55)51-44(59)61-46(7,8)9)13-11-10-12-14-38(56)52-41(45(4,5)6)43(58)53-24-34(54)23-35(53)42(57)50-28(2)30-15-17-31(18-16-30)40-29(3)49-26-62-40/h15-18,21-22,26,28,33-35,41,54H,10-14,19-20,23-25H2,1-9H3,(H2,48,55)(H,50,57)(H,51,59)(H,52,56)/t28-,33-,34-,35-,41+/m0/s1. The van der Waals surface area contributed by atoms with E-state index in [1.165, 1.54) is 4.90 Å². The van der Waals surface area contributed by atoms with Crippen molar-refractivity contribution in [1.29, 1.82) is 0 Å². The largest absolute Gasteiger partial charge is 0.488 e. The maximum Gasteiger partial charge on any atom is 0.407 e. The van der Waals surface area contributed by atoms with E-state index in [2.05, 4.69) is 20.9 Å². The van der Waals surface area contributed by atoms with Crippen LogP contribution in [0.2, 0.25) is 0 Å². The van der Waals surface area contributed by atoms with Crippen LogP contribution in [0.1, 0.15) is 122 Å². The monoisotopic (exact) mass is 880 g/mol. The molecule has 1 aliphatic heterocycles. The number of thiazole rings is 1. The number of aromatic nitrogens is 1. The number of hydrogen-bond acceptors (Lipinski definition) is 10. The number of β-amino-alcohol motifs (C(OH)–C–C–N with tert-alkyl or cyclic N) is 1. The number of likely N-dealkylation sites (tertiary alicyclic amines) is 1. The van der Waals surface area contributed by atoms with Crippen LogP contribution in [0.3, 0.4) is 0 Å². The van der Waals surface area contributed by atoms with Gasteiger partial charge in [0.25, 0.3) is 0 Å². The van der Waals surface area contributed by atoms with E-state index in [1.54, 1.807) is 49.8 Å². The van der Waals surface area contributed by atoms with E-state index in [0.717, 1.165) is 27.3 Å². The summed E-state index contributed by atoms with van der Waals surface area (Å²) < 4.78 is 26.8. The van der Waals surface area contributed by atoms with Crippen LogP contribution >= 0.6 is 11.3 Å². The number of aliphatic hydroxyl groups is 1. The molecule has 5 amide bonds. The maximum atomic E-state index is 15.7. The Labute approximate surface area is 368 Å². The first kappa shape index (κ1) is 49.6. The van der Waals surface area contributed by atoms with Gasteiger partial charge in [-0.2, -0.15) is 0 Å². The maximum absolute atomic E-state index is 15.7. The zero-order chi connectivity index (χ0) is 45.9. The number of nitrogens with two attached hydrogens (primary N) is 1. The molecule has 0 bridgehead atoms. The highest BCUT2D eigenvalue weighted by atomic mass is 32.1. The Morgan fingerprint density at radius 1 is 0.984 bits per heavy atom. The molecule has 2 aromatic carbocycles. The molecule has 1 saturated heterocycles. The Morgan fingerprint density at radius 2 is 1.68 bits per heavy atom. The molecule has 1 fully saturated rings. The third-order valence-electron chi connectivity index (χ3n) is 10.6. The van der Waals surface area contributed by atoms with Gasteiger partial charge in [-0.25, -0.2) is 14.2 Å². The Bertz CT molecular complexity index is 2030. The number of ether oxygens (including phenoxy) is 2. The van der Waals surface area contributed by atoms with Crippen LogP contribution in [0.4, 0.5) is 9.18 Å². The van der Waals surface area contributed by atoms with Gasteiger partial charge in [-0.3, -0.25) is 19.2 Å². The van der Waals surface area contributed by atoms with E-state index in [4.69, 9.17) is 15.2 Å². The summed E-state index contributed by atoms with van der Waals surface area (Å²) in [6, 6.07) is 8.31. The van der Waals surface area contributed by atoms with Crippen LogP contribution in [0.25, 0.3) is 10.4 Å². The molecule has 340 valence electrons. The first-order chi connectivity index (χ1) is 29.0. The predicted octanol–water partition coefficient (Wildman–Crippen LogP) is 6.58. The summed E-state index contributed by atoms with van der Waals surface area (Å²) >= 11 is 1.56. The SMILES string of the molecule is Cc1cc(CCCCCC(=O)N[C@H](C(=O)N2C[C@@H](O)C[C@H]2C(=O)N[C@@H](C)c2ccc(-c3scnc3C)cc2)C(C)(C)C)c(F)c(OC[C@H](CCC(N)=O)NC(=O)OC(C)(C)C)c1. The summed E-state index contributed by atoms with van der Waals surface area (Å²) in [7, 11) is 0. The zero-order valence-electron chi connectivity index (χ0n) is 37.6. The third kappa shape index (κ3) is 14.8. The Hall–Kier alpha value is -5.09. The number of alkyl carbamates (subject to hydrolysis) is 1. The van der Waals surface area contributed by atoms with E-state index < -0.39 is 59.0 Å². The zero-order valence-corrected chi connectivity index (χ0v) is 38.4. The van der Waals surface area contributed by atoms with Crippen molar-refractivity contribution >= 4 is 41.1 Å². The van der Waals surface area contributed by atoms with Gasteiger partial charge in [0.05, 0.1) is 34.3 Å². The van der Waals surface area contributed by atoms with Crippen LogP contribution in [0.5, 0.6) is 5.75 Å². The van der Waals surface area contributed by atoms with Crippen molar-refractivity contribution in [3.63, 3.8) is 0 Å². The predicted molar refractivity (Wildman–Crippen MR) is 237 cm³/mol. The summed E-state index contributed by atoms with van der Waals surface area (Å²) in [6.45, 7) is 16.2. The van der Waals surface area contributed by atoms with E-state index >= 15 is 4.39 Å². The highest BCUT2D eigenvalue weighted by molar-refractivity contribution is 7.13. The van der Waals surface area contributed by atoms with Crippen LogP contribution in [0, 0.1) is 25.1 Å². The number of rotatable bonds is 19. The average molecular weight is 881 g/mol. The van der Waals surface area contributed by atoms with Gasteiger partial charge < -0.3 is 41.2 Å². The van der Waals surface area contributed by atoms with Gasteiger partial charge in [0.1, 0.15) is 24.3 Å². The Morgan fingerprint density at radius 3 is 2.29 bits per heavy atom. The molecule has 14 nitrogen and oxygen atoms in total. The second-order valence-electron chi connectivity index (χ2n) is 18.3. The number of hydrogen-bond donors (Lipinski definition) is 5. The van der Waals surface area contributed by atoms with Gasteiger partial charge in [-0.1, -0.05) is 57.5 Å². The van der Waals surface area contributed by atoms with Crippen molar-refractivity contribution < 1.29 is 42.9 Å². The second kappa shape index (κ2) is 21.8. The second-order valence-corrected chi connectivity index (χ2v) is 19.2. The summed E-state index contributed by atoms with van der Waals surface area (Å²) in [6.07, 6.45) is 0.844. The molecular formula is C46H65FN6O8S. The molecule has 4 rings (SSSR count). The molecule has 62 heavy (non-hydrogen) atoms. The van der Waals surface area contributed by atoms with Crippen molar-refractivity contribution in [2.24, 2.45) is 11.1 Å². The number of unbranched alkanes of at least 4 members (excludes halogenated alkanes) is 2. The molecule has 0 radical (unpaired) electrons. The first-order valence-electron chi connectivity index (χ1n) is 21.3. The lowest BCUT2D eigenvalue weighted by atomic mass is 9.85. The van der Waals surface area contributed by atoms with Gasteiger partial charge in [0.2, 0.25) is 23.6 Å². The summed E-state index contributed by atoms with van der Waals surface area (Å²) in [5.74, 6) is -2.21. The molecule has 16 heteroatoms. The molecule has 6 N–H and O–H groups in total. The quantitative estimate of drug-likeness (QED) is 0.0825. The number of aryl methyl sites for hydroxylation is 3. The number of nitrogens with one attached hydrogen (secondary N) is 3. The van der Waals surface area contributed by atoms with E-state index in [0.29, 0.717) is 31.2 Å². The molecule has 0 aliphatic carbocycles. The molecule has 5 atom stereocenters. The van der Waals surface area contributed by atoms with Crippen molar-refractivity contribution in [3.8, 4) is 16.2 Å². The minimum Gasteiger partial charge on any atom is -0.488 e. The number of carbonyl (C=O) groups excluding carboxylic acids is 5. The fourth-order valence-electron chi connectivity index (χ4n) is 7.30. The van der Waals surface area contributed by atoms with Gasteiger partial charge >= 0.3 is 6.09 Å². The molecule has 0 unspecified atom stereocenters. The first-order valence-corrected chi connectivity index (χ1v) is 22.2. The molecule has 3 aromatic rings. The van der Waals surface area contributed by atoms with E-state index in [9.17, 15) is 29.1 Å². The number of primary amides is 1. The molecule has 1 aromatic heterocycles. The molecule has 2 heterocycles. The van der Waals surface area contributed by atoms with Gasteiger partial charge in [-0.15, -0.1) is 11.3 Å². The average Bonchev–Trinajstić information content (AvgIpc) is 3.79. The number of aliphatic hydroxyl groups excluding tert-OH is 1. The minimum atomic E-state index is -0.953. The lowest BCUT2D eigenvalue weighted by molar-refractivity contribution is -0.144. The van der Waals surface area contributed by atoms with Crippen molar-refractivity contribution in [3.05, 3.63) is 70.1 Å². The van der Waals surface area contributed by atoms with E-state index in [-0.39, 0.29) is 62.4 Å². The fraction of sp³-hybridized carbons (Fsp3) is 0.565. The molecule has 1 aliphatic rings. The molecule has 0 saturated carbocycles. The summed E-state index contributed by atoms with van der Waals surface area (Å²) in [5, 5.41) is 19.2. The number of nitrogens with zero attached hydrogens (tertiary/aromatic N) is 2. The molecular weight excluding hydrogens is 816 g/mol. The topological polar surface area (TPSA) is 202 Å². The fourth-order valence-corrected chi connectivity index (χ4v) is 8.11. The lowest BCUT2D eigenvalue weighted by Gasteiger charge is -2.35. The Kier molecular flexibility index (Phi) is 17.4. The number of carbonyl (C=O) groups is 5. The highest BCUT2D eigenvalue weighted by Crippen LogP contribution is 2.30. The third-order valence-corrected chi connectivity index (χ3v) is 11.5. The van der Waals surface area contributed by atoms with E-state index in [1.807, 2.05) is 65.8 Å². The normalized spacial score (nSPS) is 16.9. The lowest BCUT2D eigenvalue weighted by Crippen LogP contribution is -2.57. The summed E-state index contributed by atoms with van der Waals surface area (Å²) in [4.78, 5) is 71.7. The highest BCUT2D eigenvalue weighted by Gasteiger charge is 2.44. The van der Waals surface area contributed by atoms with Gasteiger partial charge in [-0.05, 0) is 101 Å². The van der Waals surface area contributed by atoms with Crippen LogP contribution in [0.15, 0.2) is 41.9 Å².